The molecule has 1 N–H and O–H groups in total. The van der Waals surface area contributed by atoms with Gasteiger partial charge in [-0.15, -0.1) is 0 Å². The molecule has 0 saturated carbocycles. The van der Waals surface area contributed by atoms with Crippen molar-refractivity contribution in [2.75, 3.05) is 0 Å². The number of thiocarbonyl (C=S) groups is 1. The molecule has 0 aromatic rings. The molecule has 1 heterocycles. The maximum atomic E-state index is 11.4. The zero-order valence-corrected chi connectivity index (χ0v) is 10.9. The number of hydrogen-bond donors (Lipinski definition) is 1. The minimum Gasteiger partial charge on any atom is -0.383 e. The summed E-state index contributed by atoms with van der Waals surface area (Å²) >= 11 is 6.06. The third-order valence-corrected chi connectivity index (χ3v) is 3.60. The van der Waals surface area contributed by atoms with Crippen molar-refractivity contribution in [2.24, 2.45) is 5.92 Å². The SMILES string of the molecule is CC(C)CCC(=S)SN1C(=O)CC(O)C1=O. The maximum Gasteiger partial charge on any atom is 0.269 e. The first kappa shape index (κ1) is 13.6. The Labute approximate surface area is 105 Å². The molecule has 1 unspecified atom stereocenters. The van der Waals surface area contributed by atoms with Crippen LogP contribution in [-0.2, 0) is 9.59 Å². The van der Waals surface area contributed by atoms with Crippen molar-refractivity contribution in [3.63, 3.8) is 0 Å². The molecule has 16 heavy (non-hydrogen) atoms. The topological polar surface area (TPSA) is 57.6 Å². The summed E-state index contributed by atoms with van der Waals surface area (Å²) in [5.41, 5.74) is 0. The van der Waals surface area contributed by atoms with Crippen molar-refractivity contribution < 1.29 is 14.7 Å². The Morgan fingerprint density at radius 1 is 1.62 bits per heavy atom. The second kappa shape index (κ2) is 5.75. The van der Waals surface area contributed by atoms with E-state index >= 15 is 0 Å². The fourth-order valence-electron chi connectivity index (χ4n) is 1.24. The number of nitrogens with zero attached hydrogens (tertiary/aromatic N) is 1. The number of rotatable bonds is 4. The normalized spacial score (nSPS) is 21.0. The van der Waals surface area contributed by atoms with Gasteiger partial charge in [-0.1, -0.05) is 26.1 Å². The van der Waals surface area contributed by atoms with Crippen molar-refractivity contribution in [2.45, 2.75) is 39.2 Å². The molecule has 1 fully saturated rings. The van der Waals surface area contributed by atoms with Crippen molar-refractivity contribution in [3.05, 3.63) is 0 Å². The van der Waals surface area contributed by atoms with Crippen molar-refractivity contribution in [1.82, 2.24) is 4.31 Å². The molecule has 1 aliphatic rings. The molecule has 1 aliphatic heterocycles. The average molecular weight is 261 g/mol. The van der Waals surface area contributed by atoms with Gasteiger partial charge in [0.1, 0.15) is 6.10 Å². The van der Waals surface area contributed by atoms with Gasteiger partial charge in [0, 0.05) is 11.9 Å². The van der Waals surface area contributed by atoms with Gasteiger partial charge in [0.15, 0.2) is 0 Å². The lowest BCUT2D eigenvalue weighted by molar-refractivity contribution is -0.134. The van der Waals surface area contributed by atoms with Crippen LogP contribution in [0.5, 0.6) is 0 Å². The monoisotopic (exact) mass is 261 g/mol. The zero-order valence-electron chi connectivity index (χ0n) is 9.30. The van der Waals surface area contributed by atoms with E-state index in [9.17, 15) is 14.7 Å². The lowest BCUT2D eigenvalue weighted by atomic mass is 10.1. The minimum absolute atomic E-state index is 0.126. The van der Waals surface area contributed by atoms with Gasteiger partial charge in [-0.25, -0.2) is 4.31 Å². The third-order valence-electron chi connectivity index (χ3n) is 2.20. The van der Waals surface area contributed by atoms with Crippen LogP contribution in [-0.4, -0.2) is 31.5 Å². The largest absolute Gasteiger partial charge is 0.383 e. The Kier molecular flexibility index (Phi) is 4.89. The Morgan fingerprint density at radius 2 is 2.25 bits per heavy atom. The summed E-state index contributed by atoms with van der Waals surface area (Å²) < 4.78 is 1.59. The van der Waals surface area contributed by atoms with E-state index in [1.165, 1.54) is 0 Å². The predicted molar refractivity (Wildman–Crippen MR) is 66.7 cm³/mol. The van der Waals surface area contributed by atoms with Crippen molar-refractivity contribution >= 4 is 40.2 Å². The number of amides is 2. The number of carbonyl (C=O) groups excluding carboxylic acids is 2. The molecule has 2 amide bonds. The van der Waals surface area contributed by atoms with Crippen LogP contribution in [0.3, 0.4) is 0 Å². The highest BCUT2D eigenvalue weighted by Crippen LogP contribution is 2.25. The Balaban J connectivity index is 2.45. The Morgan fingerprint density at radius 3 is 2.69 bits per heavy atom. The Hall–Kier alpha value is -0.460. The molecule has 1 atom stereocenters. The van der Waals surface area contributed by atoms with E-state index in [0.717, 1.165) is 22.7 Å². The first-order chi connectivity index (χ1) is 7.41. The van der Waals surface area contributed by atoms with Crippen LogP contribution >= 0.6 is 24.2 Å². The fourth-order valence-corrected chi connectivity index (χ4v) is 2.39. The van der Waals surface area contributed by atoms with Gasteiger partial charge in [0.2, 0.25) is 5.91 Å². The minimum atomic E-state index is -1.19. The highest BCUT2D eigenvalue weighted by molar-refractivity contribution is 8.22. The molecule has 0 spiro atoms. The van der Waals surface area contributed by atoms with Crippen LogP contribution < -0.4 is 0 Å². The predicted octanol–water partition coefficient (Wildman–Crippen LogP) is 1.52. The highest BCUT2D eigenvalue weighted by atomic mass is 32.2. The van der Waals surface area contributed by atoms with Crippen molar-refractivity contribution in [1.29, 1.82) is 0 Å². The molecule has 6 heteroatoms. The molecule has 1 rings (SSSR count). The summed E-state index contributed by atoms with van der Waals surface area (Å²) in [6.07, 6.45) is 0.321. The molecule has 1 saturated heterocycles. The summed E-state index contributed by atoms with van der Waals surface area (Å²) in [4.78, 5) is 22.7. The molecule has 0 aliphatic carbocycles. The van der Waals surface area contributed by atoms with Crippen LogP contribution in [0.4, 0.5) is 0 Å². The van der Waals surface area contributed by atoms with Crippen LogP contribution in [0.15, 0.2) is 0 Å². The quantitative estimate of drug-likeness (QED) is 0.472. The van der Waals surface area contributed by atoms with E-state index in [0.29, 0.717) is 16.5 Å². The summed E-state index contributed by atoms with van der Waals surface area (Å²) in [6, 6.07) is 0. The van der Waals surface area contributed by atoms with Crippen molar-refractivity contribution in [3.8, 4) is 0 Å². The molecule has 0 bridgehead atoms. The summed E-state index contributed by atoms with van der Waals surface area (Å²) in [6.45, 7) is 4.17. The molecular formula is C10H15NO3S2. The molecule has 0 aromatic heterocycles. The van der Waals surface area contributed by atoms with Crippen LogP contribution in [0.1, 0.15) is 33.1 Å². The molecule has 0 aromatic carbocycles. The second-order valence-electron chi connectivity index (χ2n) is 4.14. The fraction of sp³-hybridized carbons (Fsp3) is 0.700. The van der Waals surface area contributed by atoms with E-state index in [1.807, 2.05) is 0 Å². The Bertz CT molecular complexity index is 317. The number of aliphatic hydroxyl groups is 1. The van der Waals surface area contributed by atoms with Gasteiger partial charge >= 0.3 is 0 Å². The van der Waals surface area contributed by atoms with Crippen LogP contribution in [0, 0.1) is 5.92 Å². The summed E-state index contributed by atoms with van der Waals surface area (Å²) in [7, 11) is 0. The number of aliphatic hydroxyl groups excluding tert-OH is 1. The zero-order chi connectivity index (χ0) is 12.3. The lowest BCUT2D eigenvalue weighted by Crippen LogP contribution is -2.26. The van der Waals surface area contributed by atoms with Gasteiger partial charge in [-0.3, -0.25) is 9.59 Å². The van der Waals surface area contributed by atoms with Crippen LogP contribution in [0.25, 0.3) is 0 Å². The highest BCUT2D eigenvalue weighted by Gasteiger charge is 2.38. The van der Waals surface area contributed by atoms with Gasteiger partial charge in [0.05, 0.1) is 10.6 Å². The van der Waals surface area contributed by atoms with E-state index < -0.39 is 12.0 Å². The molecule has 0 radical (unpaired) electrons. The van der Waals surface area contributed by atoms with Gasteiger partial charge in [-0.05, 0) is 18.8 Å². The second-order valence-corrected chi connectivity index (χ2v) is 5.93. The van der Waals surface area contributed by atoms with Gasteiger partial charge in [-0.2, -0.15) is 0 Å². The average Bonchev–Trinajstić information content (AvgIpc) is 2.42. The van der Waals surface area contributed by atoms with E-state index in [2.05, 4.69) is 13.8 Å². The lowest BCUT2D eigenvalue weighted by Gasteiger charge is -2.13. The molecule has 4 nitrogen and oxygen atoms in total. The molecular weight excluding hydrogens is 246 g/mol. The third kappa shape index (κ3) is 3.54. The van der Waals surface area contributed by atoms with E-state index in [1.54, 1.807) is 0 Å². The summed E-state index contributed by atoms with van der Waals surface area (Å²) in [5, 5.41) is 9.20. The first-order valence-electron chi connectivity index (χ1n) is 5.17. The number of carbonyl (C=O) groups is 2. The standard InChI is InChI=1S/C10H15NO3S2/c1-6(2)3-4-9(15)16-11-8(13)5-7(12)10(11)14/h6-7,12H,3-5H2,1-2H3. The van der Waals surface area contributed by atoms with E-state index in [4.69, 9.17) is 12.2 Å². The first-order valence-corrected chi connectivity index (χ1v) is 6.35. The van der Waals surface area contributed by atoms with E-state index in [-0.39, 0.29) is 12.3 Å². The molecule has 90 valence electrons. The van der Waals surface area contributed by atoms with Gasteiger partial charge < -0.3 is 5.11 Å². The number of imide groups is 1. The van der Waals surface area contributed by atoms with Crippen LogP contribution in [0.2, 0.25) is 0 Å². The smallest absolute Gasteiger partial charge is 0.269 e. The van der Waals surface area contributed by atoms with Gasteiger partial charge in [0.25, 0.3) is 5.91 Å². The number of hydrogen-bond acceptors (Lipinski definition) is 5. The summed E-state index contributed by atoms with van der Waals surface area (Å²) in [5.74, 6) is -0.384. The maximum absolute atomic E-state index is 11.4.